The van der Waals surface area contributed by atoms with E-state index >= 15 is 0 Å². The third-order valence-electron chi connectivity index (χ3n) is 5.50. The molecule has 0 saturated carbocycles. The smallest absolute Gasteiger partial charge is 0.338 e. The Hall–Kier alpha value is -1.75. The summed E-state index contributed by atoms with van der Waals surface area (Å²) < 4.78 is 59.6. The zero-order valence-electron chi connectivity index (χ0n) is 26.8. The van der Waals surface area contributed by atoms with Gasteiger partial charge in [-0.25, -0.2) is 4.79 Å². The number of hydrogen-bond acceptors (Lipinski definition) is 13. The largest absolute Gasteiger partial charge is 0.460 e. The lowest BCUT2D eigenvalue weighted by Crippen LogP contribution is -2.19. The zero-order valence-corrected chi connectivity index (χ0v) is 26.8. The monoisotopic (exact) mass is 633 g/mol. The number of rotatable bonds is 34. The second-order valence-corrected chi connectivity index (χ2v) is 9.43. The molecule has 0 spiro atoms. The van der Waals surface area contributed by atoms with Crippen molar-refractivity contribution in [3.63, 3.8) is 0 Å². The van der Waals surface area contributed by atoms with Gasteiger partial charge in [-0.05, 0) is 26.2 Å². The Kier molecular flexibility index (Phi) is 29.9. The summed E-state index contributed by atoms with van der Waals surface area (Å²) in [6.07, 6.45) is 0. The lowest BCUT2D eigenvalue weighted by molar-refractivity contribution is -0.0272. The Bertz CT molecular complexity index is 729. The number of hydrogen-bond donors (Lipinski definition) is 0. The van der Waals surface area contributed by atoms with E-state index in [4.69, 9.17) is 52.1 Å². The Labute approximate surface area is 263 Å². The second kappa shape index (κ2) is 32.6. The summed E-state index contributed by atoms with van der Waals surface area (Å²) in [7, 11) is 4.04. The van der Waals surface area contributed by atoms with Crippen molar-refractivity contribution in [2.75, 3.05) is 159 Å². The molecule has 0 aliphatic heterocycles. The number of benzene rings is 1. The first-order valence-corrected chi connectivity index (χ1v) is 15.3. The molecule has 0 heterocycles. The summed E-state index contributed by atoms with van der Waals surface area (Å²) in [6.45, 7) is 11.3. The molecule has 0 unspecified atom stereocenters. The van der Waals surface area contributed by atoms with E-state index in [1.165, 1.54) is 0 Å². The third kappa shape index (κ3) is 29.0. The first kappa shape index (κ1) is 40.3. The van der Waals surface area contributed by atoms with Crippen molar-refractivity contribution in [2.45, 2.75) is 0 Å². The standard InChI is InChI=1S/C31H55NO12/c1-32(2)8-9-34-10-11-35-12-13-36-14-15-37-16-17-38-18-19-39-20-21-40-22-23-41-24-25-42-26-27-43-28-29-44-31(33)30-6-4-3-5-7-30/h3-7H,8-29H2,1-2H3. The van der Waals surface area contributed by atoms with Crippen molar-refractivity contribution < 1.29 is 56.9 Å². The van der Waals surface area contributed by atoms with E-state index in [-0.39, 0.29) is 12.6 Å². The summed E-state index contributed by atoms with van der Waals surface area (Å²) in [6, 6.07) is 8.86. The highest BCUT2D eigenvalue weighted by Crippen LogP contribution is 2.00. The number of carbonyl (C=O) groups is 1. The van der Waals surface area contributed by atoms with E-state index in [0.717, 1.165) is 6.54 Å². The highest BCUT2D eigenvalue weighted by molar-refractivity contribution is 5.89. The van der Waals surface area contributed by atoms with Crippen molar-refractivity contribution >= 4 is 5.97 Å². The summed E-state index contributed by atoms with van der Waals surface area (Å²) in [4.78, 5) is 13.9. The zero-order chi connectivity index (χ0) is 31.6. The second-order valence-electron chi connectivity index (χ2n) is 9.43. The van der Waals surface area contributed by atoms with Crippen molar-refractivity contribution in [2.24, 2.45) is 0 Å². The highest BCUT2D eigenvalue weighted by Gasteiger charge is 2.05. The van der Waals surface area contributed by atoms with Crippen LogP contribution in [0.15, 0.2) is 30.3 Å². The summed E-state index contributed by atoms with van der Waals surface area (Å²) in [5, 5.41) is 0. The summed E-state index contributed by atoms with van der Waals surface area (Å²) in [5.41, 5.74) is 0.527. The van der Waals surface area contributed by atoms with Crippen LogP contribution >= 0.6 is 0 Å². The van der Waals surface area contributed by atoms with Gasteiger partial charge in [0, 0.05) is 6.54 Å². The number of nitrogens with zero attached hydrogens (tertiary/aromatic N) is 1. The van der Waals surface area contributed by atoms with Crippen LogP contribution in [0.25, 0.3) is 0 Å². The van der Waals surface area contributed by atoms with Gasteiger partial charge in [0.25, 0.3) is 0 Å². The van der Waals surface area contributed by atoms with Crippen LogP contribution in [0.3, 0.4) is 0 Å². The molecule has 1 aromatic rings. The molecule has 13 nitrogen and oxygen atoms in total. The van der Waals surface area contributed by atoms with E-state index in [1.807, 2.05) is 20.2 Å². The van der Waals surface area contributed by atoms with Crippen LogP contribution in [0.4, 0.5) is 0 Å². The molecule has 0 aromatic heterocycles. The van der Waals surface area contributed by atoms with Crippen LogP contribution in [-0.2, 0) is 52.1 Å². The van der Waals surface area contributed by atoms with Crippen molar-refractivity contribution in [3.8, 4) is 0 Å². The quantitative estimate of drug-likeness (QED) is 0.0807. The van der Waals surface area contributed by atoms with Gasteiger partial charge in [0.2, 0.25) is 0 Å². The van der Waals surface area contributed by atoms with E-state index in [0.29, 0.717) is 138 Å². The topological polar surface area (TPSA) is 122 Å². The van der Waals surface area contributed by atoms with Gasteiger partial charge in [-0.15, -0.1) is 0 Å². The van der Waals surface area contributed by atoms with Crippen molar-refractivity contribution in [3.05, 3.63) is 35.9 Å². The Morgan fingerprint density at radius 3 is 1.00 bits per heavy atom. The van der Waals surface area contributed by atoms with Crippen LogP contribution < -0.4 is 0 Å². The third-order valence-corrected chi connectivity index (χ3v) is 5.50. The van der Waals surface area contributed by atoms with E-state index < -0.39 is 0 Å². The minimum atomic E-state index is -0.355. The van der Waals surface area contributed by atoms with E-state index in [9.17, 15) is 4.79 Å². The van der Waals surface area contributed by atoms with Gasteiger partial charge in [0.05, 0.1) is 138 Å². The maximum Gasteiger partial charge on any atom is 0.338 e. The number of likely N-dealkylation sites (N-methyl/N-ethyl adjacent to an activating group) is 1. The molecule has 0 aliphatic carbocycles. The van der Waals surface area contributed by atoms with Gasteiger partial charge in [-0.3, -0.25) is 0 Å². The lowest BCUT2D eigenvalue weighted by Gasteiger charge is -2.10. The molecule has 0 atom stereocenters. The fourth-order valence-corrected chi connectivity index (χ4v) is 3.18. The molecule has 13 heteroatoms. The van der Waals surface area contributed by atoms with E-state index in [1.54, 1.807) is 24.3 Å². The highest BCUT2D eigenvalue weighted by atomic mass is 16.6. The number of ether oxygens (including phenoxy) is 11. The molecule has 0 N–H and O–H groups in total. The van der Waals surface area contributed by atoms with Crippen LogP contribution in [-0.4, -0.2) is 170 Å². The Morgan fingerprint density at radius 2 is 0.705 bits per heavy atom. The molecule has 0 amide bonds. The van der Waals surface area contributed by atoms with Gasteiger partial charge in [-0.2, -0.15) is 0 Å². The molecule has 0 fully saturated rings. The molecule has 0 bridgehead atoms. The summed E-state index contributed by atoms with van der Waals surface area (Å²) >= 11 is 0. The Balaban J connectivity index is 1.64. The average molecular weight is 634 g/mol. The molecule has 0 aliphatic rings. The van der Waals surface area contributed by atoms with Gasteiger partial charge in [0.15, 0.2) is 0 Å². The summed E-state index contributed by atoms with van der Waals surface area (Å²) in [5.74, 6) is -0.355. The fraction of sp³-hybridized carbons (Fsp3) is 0.774. The maximum absolute atomic E-state index is 11.8. The molecule has 0 saturated heterocycles. The van der Waals surface area contributed by atoms with Crippen molar-refractivity contribution in [1.29, 1.82) is 0 Å². The number of esters is 1. The van der Waals surface area contributed by atoms with Gasteiger partial charge in [0.1, 0.15) is 6.61 Å². The van der Waals surface area contributed by atoms with Crippen LogP contribution in [0.1, 0.15) is 10.4 Å². The SMILES string of the molecule is CN(C)CCOCCOCCOCCOCCOCCOCCOCCOCCOCCOCCOC(=O)c1ccccc1. The number of carbonyl (C=O) groups excluding carboxylic acids is 1. The van der Waals surface area contributed by atoms with Gasteiger partial charge >= 0.3 is 5.97 Å². The Morgan fingerprint density at radius 1 is 0.432 bits per heavy atom. The van der Waals surface area contributed by atoms with Crippen LogP contribution in [0, 0.1) is 0 Å². The van der Waals surface area contributed by atoms with Crippen molar-refractivity contribution in [1.82, 2.24) is 4.90 Å². The minimum Gasteiger partial charge on any atom is -0.460 e. The first-order chi connectivity index (χ1) is 21.7. The normalized spacial score (nSPS) is 11.4. The molecule has 256 valence electrons. The van der Waals surface area contributed by atoms with E-state index in [2.05, 4.69) is 4.90 Å². The van der Waals surface area contributed by atoms with Crippen LogP contribution in [0.2, 0.25) is 0 Å². The average Bonchev–Trinajstić information content (AvgIpc) is 3.03. The molecular weight excluding hydrogens is 578 g/mol. The minimum absolute atomic E-state index is 0.204. The molecule has 44 heavy (non-hydrogen) atoms. The molecule has 1 rings (SSSR count). The van der Waals surface area contributed by atoms with Gasteiger partial charge < -0.3 is 57.0 Å². The first-order valence-electron chi connectivity index (χ1n) is 15.3. The predicted molar refractivity (Wildman–Crippen MR) is 163 cm³/mol. The van der Waals surface area contributed by atoms with Gasteiger partial charge in [-0.1, -0.05) is 18.2 Å². The lowest BCUT2D eigenvalue weighted by atomic mass is 10.2. The predicted octanol–water partition coefficient (Wildman–Crippen LogP) is 1.57. The molecule has 0 radical (unpaired) electrons. The molecule has 1 aromatic carbocycles. The fourth-order valence-electron chi connectivity index (χ4n) is 3.18. The molecular formula is C31H55NO12. The maximum atomic E-state index is 11.8. The van der Waals surface area contributed by atoms with Crippen LogP contribution in [0.5, 0.6) is 0 Å².